The number of nitrogens with zero attached hydrogens (tertiary/aromatic N) is 1. The van der Waals surface area contributed by atoms with Crippen LogP contribution < -0.4 is 0 Å². The van der Waals surface area contributed by atoms with Gasteiger partial charge in [0.15, 0.2) is 0 Å². The van der Waals surface area contributed by atoms with Crippen molar-refractivity contribution in [2.75, 3.05) is 13.2 Å². The molecule has 0 N–H and O–H groups in total. The number of rotatable bonds is 3. The molecule has 0 aromatic carbocycles. The lowest BCUT2D eigenvalue weighted by molar-refractivity contribution is 0.307. The summed E-state index contributed by atoms with van der Waals surface area (Å²) in [6.07, 6.45) is 4.19. The van der Waals surface area contributed by atoms with Crippen molar-refractivity contribution >= 4 is 5.90 Å². The predicted octanol–water partition coefficient (Wildman–Crippen LogP) is 2.16. The predicted molar refractivity (Wildman–Crippen MR) is 46.9 cm³/mol. The summed E-state index contributed by atoms with van der Waals surface area (Å²) in [5.74, 6) is 0.823. The molecule has 62 valence electrons. The Kier molecular flexibility index (Phi) is 3.14. The first-order valence-electron chi connectivity index (χ1n) is 4.23. The van der Waals surface area contributed by atoms with Crippen molar-refractivity contribution in [3.05, 3.63) is 11.6 Å². The minimum atomic E-state index is 0.784. The van der Waals surface area contributed by atoms with Crippen LogP contribution in [0.3, 0.4) is 0 Å². The summed E-state index contributed by atoms with van der Waals surface area (Å²) in [5, 5.41) is 0. The van der Waals surface area contributed by atoms with E-state index in [1.54, 1.807) is 0 Å². The zero-order valence-corrected chi connectivity index (χ0v) is 7.26. The van der Waals surface area contributed by atoms with Gasteiger partial charge in [0.2, 0.25) is 5.90 Å². The Bertz CT molecular complexity index is 182. The van der Waals surface area contributed by atoms with Crippen molar-refractivity contribution in [3.8, 4) is 0 Å². The summed E-state index contributed by atoms with van der Waals surface area (Å²) in [5.41, 5.74) is 1.37. The van der Waals surface area contributed by atoms with Gasteiger partial charge >= 0.3 is 0 Å². The van der Waals surface area contributed by atoms with Crippen LogP contribution in [0.15, 0.2) is 16.6 Å². The van der Waals surface area contributed by atoms with Crippen molar-refractivity contribution in [3.63, 3.8) is 0 Å². The van der Waals surface area contributed by atoms with Crippen molar-refractivity contribution in [1.29, 1.82) is 0 Å². The summed E-state index contributed by atoms with van der Waals surface area (Å²) < 4.78 is 5.36. The van der Waals surface area contributed by atoms with Crippen LogP contribution in [0.2, 0.25) is 0 Å². The molecular weight excluding hydrogens is 138 g/mol. The lowest BCUT2D eigenvalue weighted by Crippen LogP contribution is -1.99. The zero-order valence-electron chi connectivity index (χ0n) is 7.26. The SMILES string of the molecule is CCCOC1=NCC(CC)=C1. The molecule has 1 aliphatic heterocycles. The highest BCUT2D eigenvalue weighted by molar-refractivity contribution is 5.90. The van der Waals surface area contributed by atoms with Crippen LogP contribution >= 0.6 is 0 Å². The molecular formula is C9H15NO. The fourth-order valence-electron chi connectivity index (χ4n) is 0.953. The van der Waals surface area contributed by atoms with Crippen LogP contribution in [0.5, 0.6) is 0 Å². The standard InChI is InChI=1S/C9H15NO/c1-3-5-11-9-6-8(4-2)7-10-9/h6H,3-5,7H2,1-2H3. The molecule has 11 heavy (non-hydrogen) atoms. The minimum Gasteiger partial charge on any atom is -0.478 e. The average Bonchev–Trinajstić information content (AvgIpc) is 2.48. The molecule has 0 saturated heterocycles. The molecule has 2 heteroatoms. The molecule has 0 spiro atoms. The molecule has 0 atom stereocenters. The third-order valence-corrected chi connectivity index (χ3v) is 1.67. The lowest BCUT2D eigenvalue weighted by atomic mass is 10.2. The number of ether oxygens (including phenoxy) is 1. The highest BCUT2D eigenvalue weighted by Gasteiger charge is 2.05. The summed E-state index contributed by atoms with van der Waals surface area (Å²) in [4.78, 5) is 4.23. The van der Waals surface area contributed by atoms with E-state index in [1.807, 2.05) is 0 Å². The van der Waals surface area contributed by atoms with Crippen LogP contribution in [0.25, 0.3) is 0 Å². The average molecular weight is 153 g/mol. The molecule has 0 radical (unpaired) electrons. The Hall–Kier alpha value is -0.790. The molecule has 0 unspecified atom stereocenters. The topological polar surface area (TPSA) is 21.6 Å². The van der Waals surface area contributed by atoms with E-state index in [4.69, 9.17) is 4.74 Å². The molecule has 0 aromatic heterocycles. The number of aliphatic imine (C=N–C) groups is 1. The first-order valence-corrected chi connectivity index (χ1v) is 4.23. The lowest BCUT2D eigenvalue weighted by Gasteiger charge is -1.99. The van der Waals surface area contributed by atoms with Crippen LogP contribution in [-0.2, 0) is 4.74 Å². The normalized spacial score (nSPS) is 16.2. The first-order chi connectivity index (χ1) is 5.36. The fourth-order valence-corrected chi connectivity index (χ4v) is 0.953. The fraction of sp³-hybridized carbons (Fsp3) is 0.667. The van der Waals surface area contributed by atoms with E-state index < -0.39 is 0 Å². The molecule has 0 saturated carbocycles. The largest absolute Gasteiger partial charge is 0.478 e. The van der Waals surface area contributed by atoms with E-state index in [0.29, 0.717) is 0 Å². The second-order valence-electron chi connectivity index (χ2n) is 2.66. The van der Waals surface area contributed by atoms with Gasteiger partial charge in [0, 0.05) is 6.08 Å². The minimum absolute atomic E-state index is 0.784. The number of hydrogen-bond acceptors (Lipinski definition) is 2. The Morgan fingerprint density at radius 3 is 2.91 bits per heavy atom. The van der Waals surface area contributed by atoms with E-state index >= 15 is 0 Å². The van der Waals surface area contributed by atoms with Crippen molar-refractivity contribution in [2.24, 2.45) is 4.99 Å². The summed E-state index contributed by atoms with van der Waals surface area (Å²) in [6, 6.07) is 0. The maximum atomic E-state index is 5.36. The summed E-state index contributed by atoms with van der Waals surface area (Å²) in [6.45, 7) is 5.87. The van der Waals surface area contributed by atoms with Gasteiger partial charge in [0.25, 0.3) is 0 Å². The quantitative estimate of drug-likeness (QED) is 0.609. The molecule has 0 bridgehead atoms. The van der Waals surface area contributed by atoms with Gasteiger partial charge in [0.05, 0.1) is 13.2 Å². The van der Waals surface area contributed by atoms with Crippen LogP contribution in [0, 0.1) is 0 Å². The molecule has 1 aliphatic rings. The highest BCUT2D eigenvalue weighted by Crippen LogP contribution is 2.09. The molecule has 0 aliphatic carbocycles. The van der Waals surface area contributed by atoms with Crippen molar-refractivity contribution in [1.82, 2.24) is 0 Å². The third kappa shape index (κ3) is 2.37. The van der Waals surface area contributed by atoms with Crippen LogP contribution in [-0.4, -0.2) is 19.0 Å². The Balaban J connectivity index is 2.31. The van der Waals surface area contributed by atoms with E-state index in [2.05, 4.69) is 24.9 Å². The van der Waals surface area contributed by atoms with Gasteiger partial charge < -0.3 is 4.74 Å². The van der Waals surface area contributed by atoms with Gasteiger partial charge in [-0.1, -0.05) is 13.8 Å². The van der Waals surface area contributed by atoms with Gasteiger partial charge in [-0.05, 0) is 18.4 Å². The molecule has 1 heterocycles. The van der Waals surface area contributed by atoms with Crippen molar-refractivity contribution < 1.29 is 4.74 Å². The maximum Gasteiger partial charge on any atom is 0.208 e. The van der Waals surface area contributed by atoms with E-state index in [-0.39, 0.29) is 0 Å². The first kappa shape index (κ1) is 8.31. The van der Waals surface area contributed by atoms with Gasteiger partial charge in [0.1, 0.15) is 0 Å². The second kappa shape index (κ2) is 4.16. The van der Waals surface area contributed by atoms with Gasteiger partial charge in [-0.3, -0.25) is 0 Å². The maximum absolute atomic E-state index is 5.36. The second-order valence-corrected chi connectivity index (χ2v) is 2.66. The highest BCUT2D eigenvalue weighted by atomic mass is 16.5. The summed E-state index contributed by atoms with van der Waals surface area (Å²) in [7, 11) is 0. The van der Waals surface area contributed by atoms with E-state index in [9.17, 15) is 0 Å². The molecule has 0 fully saturated rings. The van der Waals surface area contributed by atoms with Crippen molar-refractivity contribution in [2.45, 2.75) is 26.7 Å². The van der Waals surface area contributed by atoms with Gasteiger partial charge in [-0.25, -0.2) is 4.99 Å². The Labute approximate surface area is 68.0 Å². The van der Waals surface area contributed by atoms with E-state index in [1.165, 1.54) is 5.57 Å². The van der Waals surface area contributed by atoms with Crippen LogP contribution in [0.4, 0.5) is 0 Å². The number of hydrogen-bond donors (Lipinski definition) is 0. The Morgan fingerprint density at radius 2 is 2.36 bits per heavy atom. The molecule has 0 aromatic rings. The molecule has 2 nitrogen and oxygen atoms in total. The third-order valence-electron chi connectivity index (χ3n) is 1.67. The Morgan fingerprint density at radius 1 is 1.55 bits per heavy atom. The van der Waals surface area contributed by atoms with Crippen LogP contribution in [0.1, 0.15) is 26.7 Å². The molecule has 0 amide bonds. The molecule has 1 rings (SSSR count). The summed E-state index contributed by atoms with van der Waals surface area (Å²) >= 11 is 0. The monoisotopic (exact) mass is 153 g/mol. The van der Waals surface area contributed by atoms with Gasteiger partial charge in [-0.15, -0.1) is 0 Å². The van der Waals surface area contributed by atoms with E-state index in [0.717, 1.165) is 31.9 Å². The van der Waals surface area contributed by atoms with Gasteiger partial charge in [-0.2, -0.15) is 0 Å². The smallest absolute Gasteiger partial charge is 0.208 e. The zero-order chi connectivity index (χ0) is 8.10.